The molecule has 15 nitrogen and oxygen atoms in total. The van der Waals surface area contributed by atoms with Gasteiger partial charge < -0.3 is 38.6 Å². The van der Waals surface area contributed by atoms with E-state index in [1.165, 1.54) is 46.5 Å². The number of aliphatic hydroxyl groups excluding tert-OH is 1. The molecule has 5 atom stereocenters. The van der Waals surface area contributed by atoms with Crippen molar-refractivity contribution in [2.24, 2.45) is 0 Å². The van der Waals surface area contributed by atoms with Crippen LogP contribution < -0.4 is 34.8 Å². The Balaban J connectivity index is 1.48. The SMILES string of the molecule is COc1cc(CNc2ccn([C@@H]3O[C@H](COP(=O)(NC(C)C(=O)OC(C)C)Oc4ccccc4)[C@@H](O)C3(F)F)c(=O)n2)cc(OC)c1OC. The molecule has 2 unspecified atom stereocenters. The Hall–Kier alpha value is -4.28. The highest BCUT2D eigenvalue weighted by atomic mass is 31.2. The van der Waals surface area contributed by atoms with E-state index in [1.54, 1.807) is 44.2 Å². The van der Waals surface area contributed by atoms with Crippen molar-refractivity contribution in [1.29, 1.82) is 0 Å². The third-order valence-electron chi connectivity index (χ3n) is 7.09. The first kappa shape index (κ1) is 37.5. The third kappa shape index (κ3) is 9.05. The summed E-state index contributed by atoms with van der Waals surface area (Å²) >= 11 is 0. The molecule has 268 valence electrons. The fourth-order valence-electron chi connectivity index (χ4n) is 4.73. The zero-order chi connectivity index (χ0) is 35.9. The number of ether oxygens (including phenoxy) is 5. The predicted molar refractivity (Wildman–Crippen MR) is 171 cm³/mol. The molecule has 0 saturated carbocycles. The maximum Gasteiger partial charge on any atom is 0.459 e. The highest BCUT2D eigenvalue weighted by Crippen LogP contribution is 2.48. The van der Waals surface area contributed by atoms with Gasteiger partial charge in [0.2, 0.25) is 12.0 Å². The molecule has 1 fully saturated rings. The van der Waals surface area contributed by atoms with Crippen LogP contribution in [0.25, 0.3) is 0 Å². The summed E-state index contributed by atoms with van der Waals surface area (Å²) in [4.78, 5) is 29.1. The Morgan fingerprint density at radius 1 is 1.08 bits per heavy atom. The molecule has 1 aliphatic rings. The number of carbonyl (C=O) groups excluding carboxylic acids is 1. The number of para-hydroxylation sites is 1. The molecule has 4 rings (SSSR count). The van der Waals surface area contributed by atoms with Gasteiger partial charge in [-0.25, -0.2) is 9.36 Å². The van der Waals surface area contributed by atoms with Crippen LogP contribution in [0.4, 0.5) is 14.6 Å². The van der Waals surface area contributed by atoms with Crippen molar-refractivity contribution in [3.8, 4) is 23.0 Å². The van der Waals surface area contributed by atoms with Gasteiger partial charge in [-0.3, -0.25) is 13.9 Å². The lowest BCUT2D eigenvalue weighted by atomic mass is 10.1. The number of hydrogen-bond acceptors (Lipinski definition) is 13. The fraction of sp³-hybridized carbons (Fsp3) is 0.452. The summed E-state index contributed by atoms with van der Waals surface area (Å²) in [7, 11) is -0.0767. The summed E-state index contributed by atoms with van der Waals surface area (Å²) in [5.41, 5.74) is -0.433. The number of halogens is 2. The van der Waals surface area contributed by atoms with E-state index >= 15 is 8.78 Å². The molecule has 18 heteroatoms. The number of methoxy groups -OCH3 is 3. The maximum atomic E-state index is 15.4. The predicted octanol–water partition coefficient (Wildman–Crippen LogP) is 3.91. The second kappa shape index (κ2) is 16.0. The van der Waals surface area contributed by atoms with Crippen LogP contribution in [0.15, 0.2) is 59.5 Å². The Labute approximate surface area is 281 Å². The molecule has 1 aliphatic heterocycles. The lowest BCUT2D eigenvalue weighted by Crippen LogP contribution is -2.42. The average molecular weight is 713 g/mol. The standard InChI is InChI=1S/C31H39F2N4O11P/c1-18(2)46-28(39)19(3)36-49(41,48-21-10-8-7-9-11-21)45-17-24-27(38)31(32,33)29(47-24)37-13-12-25(35-30(37)40)34-16-20-14-22(42-4)26(44-6)23(15-20)43-5/h7-15,18-19,24,27,29,38H,16-17H2,1-6H3,(H,36,41)(H,34,35,40)/t19?,24-,27-,29-,49?/m1/s1. The minimum Gasteiger partial charge on any atom is -0.493 e. The molecule has 0 aliphatic carbocycles. The van der Waals surface area contributed by atoms with Crippen molar-refractivity contribution >= 4 is 19.5 Å². The van der Waals surface area contributed by atoms with E-state index in [9.17, 15) is 19.3 Å². The Morgan fingerprint density at radius 2 is 1.73 bits per heavy atom. The van der Waals surface area contributed by atoms with Gasteiger partial charge in [-0.2, -0.15) is 18.9 Å². The molecule has 1 aromatic heterocycles. The second-order valence-corrected chi connectivity index (χ2v) is 12.8. The lowest BCUT2D eigenvalue weighted by Gasteiger charge is -2.25. The van der Waals surface area contributed by atoms with Crippen molar-refractivity contribution in [2.45, 2.75) is 63.8 Å². The number of rotatable bonds is 16. The number of aromatic nitrogens is 2. The fourth-order valence-corrected chi connectivity index (χ4v) is 6.23. The molecule has 0 amide bonds. The molecular formula is C31H39F2N4O11P. The maximum absolute atomic E-state index is 15.4. The topological polar surface area (TPSA) is 178 Å². The minimum absolute atomic E-state index is 0.0620. The average Bonchev–Trinajstić information content (AvgIpc) is 3.29. The number of esters is 1. The number of alkyl halides is 2. The first-order valence-corrected chi connectivity index (χ1v) is 16.6. The monoisotopic (exact) mass is 712 g/mol. The summed E-state index contributed by atoms with van der Waals surface area (Å²) in [6.45, 7) is 3.86. The molecule has 2 heterocycles. The van der Waals surface area contributed by atoms with Crippen LogP contribution in [-0.2, 0) is 29.9 Å². The van der Waals surface area contributed by atoms with E-state index in [1.807, 2.05) is 0 Å². The lowest BCUT2D eigenvalue weighted by molar-refractivity contribution is -0.149. The van der Waals surface area contributed by atoms with Gasteiger partial charge in [-0.1, -0.05) is 18.2 Å². The van der Waals surface area contributed by atoms with E-state index in [0.717, 1.165) is 6.20 Å². The van der Waals surface area contributed by atoms with Crippen LogP contribution in [0.2, 0.25) is 0 Å². The highest BCUT2D eigenvalue weighted by Gasteiger charge is 2.60. The van der Waals surface area contributed by atoms with Crippen LogP contribution in [0.5, 0.6) is 23.0 Å². The molecule has 0 spiro atoms. The second-order valence-electron chi connectivity index (χ2n) is 11.1. The first-order chi connectivity index (χ1) is 23.2. The minimum atomic E-state index is -4.47. The van der Waals surface area contributed by atoms with Gasteiger partial charge in [0.15, 0.2) is 17.6 Å². The largest absolute Gasteiger partial charge is 0.493 e. The quantitative estimate of drug-likeness (QED) is 0.144. The number of anilines is 1. The molecule has 0 bridgehead atoms. The van der Waals surface area contributed by atoms with E-state index in [0.29, 0.717) is 27.4 Å². The summed E-state index contributed by atoms with van der Waals surface area (Å²) < 4.78 is 82.4. The Morgan fingerprint density at radius 3 is 2.31 bits per heavy atom. The van der Waals surface area contributed by atoms with Gasteiger partial charge in [0, 0.05) is 12.7 Å². The number of carbonyl (C=O) groups is 1. The van der Waals surface area contributed by atoms with Crippen LogP contribution in [0.1, 0.15) is 32.6 Å². The highest BCUT2D eigenvalue weighted by molar-refractivity contribution is 7.52. The van der Waals surface area contributed by atoms with Gasteiger partial charge in [0.05, 0.1) is 34.0 Å². The van der Waals surface area contributed by atoms with Gasteiger partial charge in [-0.05, 0) is 56.7 Å². The van der Waals surface area contributed by atoms with Crippen LogP contribution in [-0.4, -0.2) is 78.8 Å². The van der Waals surface area contributed by atoms with Gasteiger partial charge >= 0.3 is 25.3 Å². The van der Waals surface area contributed by atoms with Gasteiger partial charge in [0.1, 0.15) is 23.7 Å². The summed E-state index contributed by atoms with van der Waals surface area (Å²) in [6.07, 6.45) is -6.00. The number of nitrogens with zero attached hydrogens (tertiary/aromatic N) is 2. The summed E-state index contributed by atoms with van der Waals surface area (Å²) in [5, 5.41) is 15.9. The van der Waals surface area contributed by atoms with Crippen LogP contribution in [0.3, 0.4) is 0 Å². The molecule has 2 aromatic carbocycles. The number of aliphatic hydroxyl groups is 1. The smallest absolute Gasteiger partial charge is 0.459 e. The number of benzene rings is 2. The molecule has 3 N–H and O–H groups in total. The van der Waals surface area contributed by atoms with Crippen molar-refractivity contribution < 1.29 is 56.0 Å². The van der Waals surface area contributed by atoms with E-state index < -0.39 is 62.5 Å². The summed E-state index contributed by atoms with van der Waals surface area (Å²) in [5.74, 6) is -3.43. The zero-order valence-corrected chi connectivity index (χ0v) is 28.5. The van der Waals surface area contributed by atoms with Crippen molar-refractivity contribution in [1.82, 2.24) is 14.6 Å². The van der Waals surface area contributed by atoms with E-state index in [4.69, 9.17) is 32.7 Å². The number of hydrogen-bond donors (Lipinski definition) is 3. The molecule has 3 aromatic rings. The normalized spacial score (nSPS) is 20.2. The Kier molecular flexibility index (Phi) is 12.2. The third-order valence-corrected chi connectivity index (χ3v) is 8.74. The van der Waals surface area contributed by atoms with Crippen molar-refractivity contribution in [3.63, 3.8) is 0 Å². The summed E-state index contributed by atoms with van der Waals surface area (Å²) in [6, 6.07) is 11.2. The number of nitrogens with one attached hydrogen (secondary N) is 2. The Bertz CT molecular complexity index is 1670. The van der Waals surface area contributed by atoms with E-state index in [2.05, 4.69) is 15.4 Å². The van der Waals surface area contributed by atoms with Crippen LogP contribution >= 0.6 is 7.75 Å². The molecule has 0 radical (unpaired) electrons. The molecule has 1 saturated heterocycles. The van der Waals surface area contributed by atoms with Gasteiger partial charge in [0.25, 0.3) is 0 Å². The first-order valence-electron chi connectivity index (χ1n) is 15.0. The zero-order valence-electron chi connectivity index (χ0n) is 27.6. The molecule has 49 heavy (non-hydrogen) atoms. The molecular weight excluding hydrogens is 673 g/mol. The van der Waals surface area contributed by atoms with E-state index in [-0.39, 0.29) is 18.1 Å². The van der Waals surface area contributed by atoms with Crippen molar-refractivity contribution in [3.05, 3.63) is 70.8 Å². The van der Waals surface area contributed by atoms with Gasteiger partial charge in [-0.15, -0.1) is 0 Å². The van der Waals surface area contributed by atoms with Crippen molar-refractivity contribution in [2.75, 3.05) is 33.3 Å². The van der Waals surface area contributed by atoms with Crippen LogP contribution in [0, 0.1) is 0 Å².